The van der Waals surface area contributed by atoms with Gasteiger partial charge in [0.25, 0.3) is 6.26 Å². The molecule has 0 radical (unpaired) electrons. The summed E-state index contributed by atoms with van der Waals surface area (Å²) in [5, 5.41) is 9.50. The summed E-state index contributed by atoms with van der Waals surface area (Å²) in [6.45, 7) is 2.08. The molecule has 0 aliphatic rings. The van der Waals surface area contributed by atoms with Crippen LogP contribution in [-0.2, 0) is 19.7 Å². The highest BCUT2D eigenvalue weighted by atomic mass is 28.4. The molecular formula is C13H19NO4Si. The van der Waals surface area contributed by atoms with E-state index in [4.69, 9.17) is 23.3 Å². The molecule has 0 saturated carbocycles. The quantitative estimate of drug-likeness (QED) is 0.561. The van der Waals surface area contributed by atoms with Crippen LogP contribution in [0, 0.1) is 11.5 Å². The smallest absolute Gasteiger partial charge is 0.388 e. The second-order valence-corrected chi connectivity index (χ2v) is 6.74. The second-order valence-electron chi connectivity index (χ2n) is 3.90. The Labute approximate surface area is 115 Å². The van der Waals surface area contributed by atoms with E-state index in [1.165, 1.54) is 21.3 Å². The third kappa shape index (κ3) is 3.14. The molecule has 0 aromatic heterocycles. The van der Waals surface area contributed by atoms with Crippen molar-refractivity contribution < 1.29 is 18.0 Å². The largest absolute Gasteiger partial charge is 0.540 e. The Bertz CT molecular complexity index is 446. The Hall–Kier alpha value is -1.39. The number of hydrogen-bond donors (Lipinski definition) is 0. The number of benzene rings is 1. The molecule has 1 aromatic rings. The van der Waals surface area contributed by atoms with Gasteiger partial charge in [0.1, 0.15) is 5.75 Å². The summed E-state index contributed by atoms with van der Waals surface area (Å²) in [6, 6.07) is 5.54. The maximum absolute atomic E-state index is 8.77. The van der Waals surface area contributed by atoms with Crippen LogP contribution in [0.1, 0.15) is 18.9 Å². The molecule has 0 bridgehead atoms. The van der Waals surface area contributed by atoms with Crippen LogP contribution in [-0.4, -0.2) is 30.1 Å². The van der Waals surface area contributed by atoms with Crippen LogP contribution in [0.25, 0.3) is 0 Å². The first-order valence-electron chi connectivity index (χ1n) is 6.02. The summed E-state index contributed by atoms with van der Waals surface area (Å²) in [4.78, 5) is 0. The lowest BCUT2D eigenvalue weighted by molar-refractivity contribution is 0.139. The van der Waals surface area contributed by atoms with Crippen molar-refractivity contribution in [1.29, 1.82) is 5.26 Å². The number of nitriles is 1. The van der Waals surface area contributed by atoms with E-state index in [0.717, 1.165) is 23.6 Å². The van der Waals surface area contributed by atoms with Gasteiger partial charge in [-0.3, -0.25) is 0 Å². The molecule has 104 valence electrons. The Kier molecular flexibility index (Phi) is 5.98. The average molecular weight is 281 g/mol. The van der Waals surface area contributed by atoms with E-state index < -0.39 is 8.80 Å². The zero-order chi connectivity index (χ0) is 14.3. The molecule has 0 saturated heterocycles. The van der Waals surface area contributed by atoms with Gasteiger partial charge in [-0.15, -0.1) is 5.26 Å². The minimum atomic E-state index is -3.03. The molecule has 1 aromatic carbocycles. The Morgan fingerprint density at radius 1 is 1.16 bits per heavy atom. The lowest BCUT2D eigenvalue weighted by Gasteiger charge is -2.27. The van der Waals surface area contributed by atoms with Crippen LogP contribution < -0.4 is 9.92 Å². The van der Waals surface area contributed by atoms with Gasteiger partial charge in [0, 0.05) is 21.3 Å². The highest BCUT2D eigenvalue weighted by Gasteiger charge is 2.45. The summed E-state index contributed by atoms with van der Waals surface area (Å²) in [6.07, 6.45) is 3.49. The predicted octanol–water partition coefficient (Wildman–Crippen LogP) is 1.58. The number of ether oxygens (including phenoxy) is 1. The van der Waals surface area contributed by atoms with Crippen LogP contribution >= 0.6 is 0 Å². The van der Waals surface area contributed by atoms with Gasteiger partial charge in [-0.1, -0.05) is 25.5 Å². The van der Waals surface area contributed by atoms with Gasteiger partial charge in [0.15, 0.2) is 0 Å². The molecule has 6 heteroatoms. The maximum Gasteiger partial charge on any atom is 0.540 e. The van der Waals surface area contributed by atoms with Gasteiger partial charge in [-0.05, 0) is 18.1 Å². The van der Waals surface area contributed by atoms with Crippen LogP contribution in [0.4, 0.5) is 0 Å². The summed E-state index contributed by atoms with van der Waals surface area (Å²) in [7, 11) is 1.59. The minimum Gasteiger partial charge on any atom is -0.388 e. The molecule has 0 heterocycles. The summed E-state index contributed by atoms with van der Waals surface area (Å²) in [5.41, 5.74) is 1.02. The van der Waals surface area contributed by atoms with Crippen molar-refractivity contribution in [2.75, 3.05) is 21.3 Å². The molecule has 0 amide bonds. The van der Waals surface area contributed by atoms with Crippen LogP contribution in [0.2, 0.25) is 0 Å². The van der Waals surface area contributed by atoms with Gasteiger partial charge in [0.2, 0.25) is 0 Å². The van der Waals surface area contributed by atoms with Crippen LogP contribution in [0.5, 0.6) is 5.75 Å². The third-order valence-corrected chi connectivity index (χ3v) is 5.69. The standard InChI is InChI=1S/C13H19NO4Si/c1-5-7-11-8-6-9-12(18-10-14)13(11)19(15-2,16-3)17-4/h6,8-9H,5,7H2,1-4H3. The summed E-state index contributed by atoms with van der Waals surface area (Å²) < 4.78 is 21.5. The molecule has 0 aliphatic carbocycles. The number of rotatable bonds is 7. The van der Waals surface area contributed by atoms with E-state index in [1.54, 1.807) is 12.3 Å². The van der Waals surface area contributed by atoms with E-state index >= 15 is 0 Å². The molecule has 19 heavy (non-hydrogen) atoms. The number of nitrogens with zero attached hydrogens (tertiary/aromatic N) is 1. The van der Waals surface area contributed by atoms with Crippen molar-refractivity contribution in [3.8, 4) is 12.0 Å². The first-order valence-corrected chi connectivity index (χ1v) is 7.75. The van der Waals surface area contributed by atoms with E-state index in [-0.39, 0.29) is 0 Å². The molecule has 0 unspecified atom stereocenters. The molecule has 5 nitrogen and oxygen atoms in total. The monoisotopic (exact) mass is 281 g/mol. The minimum absolute atomic E-state index is 0.436. The molecule has 0 N–H and O–H groups in total. The van der Waals surface area contributed by atoms with Crippen molar-refractivity contribution in [2.24, 2.45) is 0 Å². The molecule has 0 atom stereocenters. The van der Waals surface area contributed by atoms with Gasteiger partial charge in [0.05, 0.1) is 5.19 Å². The molecule has 1 rings (SSSR count). The highest BCUT2D eigenvalue weighted by molar-refractivity contribution is 6.76. The highest BCUT2D eigenvalue weighted by Crippen LogP contribution is 2.20. The third-order valence-electron chi connectivity index (χ3n) is 2.90. The molecular weight excluding hydrogens is 262 g/mol. The fourth-order valence-electron chi connectivity index (χ4n) is 2.09. The normalized spacial score (nSPS) is 11.1. The van der Waals surface area contributed by atoms with Crippen LogP contribution in [0.15, 0.2) is 18.2 Å². The topological polar surface area (TPSA) is 60.7 Å². The molecule has 0 fully saturated rings. The van der Waals surface area contributed by atoms with E-state index in [9.17, 15) is 0 Å². The van der Waals surface area contributed by atoms with Crippen molar-refractivity contribution in [3.05, 3.63) is 23.8 Å². The van der Waals surface area contributed by atoms with Crippen molar-refractivity contribution >= 4 is 14.0 Å². The van der Waals surface area contributed by atoms with Gasteiger partial charge < -0.3 is 18.0 Å². The zero-order valence-corrected chi connectivity index (χ0v) is 12.7. The Morgan fingerprint density at radius 2 is 1.79 bits per heavy atom. The lowest BCUT2D eigenvalue weighted by atomic mass is 10.1. The first-order chi connectivity index (χ1) is 9.18. The predicted molar refractivity (Wildman–Crippen MR) is 73.1 cm³/mol. The average Bonchev–Trinajstić information content (AvgIpc) is 2.44. The Morgan fingerprint density at radius 3 is 2.26 bits per heavy atom. The number of aryl methyl sites for hydroxylation is 1. The van der Waals surface area contributed by atoms with Gasteiger partial charge in [-0.2, -0.15) is 0 Å². The van der Waals surface area contributed by atoms with Gasteiger partial charge in [-0.25, -0.2) is 0 Å². The fraction of sp³-hybridized carbons (Fsp3) is 0.462. The zero-order valence-electron chi connectivity index (χ0n) is 11.7. The summed E-state index contributed by atoms with van der Waals surface area (Å²) >= 11 is 0. The van der Waals surface area contributed by atoms with Crippen molar-refractivity contribution in [2.45, 2.75) is 19.8 Å². The molecule has 0 aliphatic heterocycles. The SMILES string of the molecule is CCCc1cccc(OC#N)c1[Si](OC)(OC)OC. The number of hydrogen-bond acceptors (Lipinski definition) is 5. The maximum atomic E-state index is 8.77. The van der Waals surface area contributed by atoms with Crippen molar-refractivity contribution in [1.82, 2.24) is 0 Å². The van der Waals surface area contributed by atoms with E-state index in [0.29, 0.717) is 5.75 Å². The summed E-state index contributed by atoms with van der Waals surface area (Å²) in [5.74, 6) is 0.436. The van der Waals surface area contributed by atoms with E-state index in [1.807, 2.05) is 12.1 Å². The fourth-order valence-corrected chi connectivity index (χ4v) is 4.24. The van der Waals surface area contributed by atoms with Crippen molar-refractivity contribution in [3.63, 3.8) is 0 Å². The first kappa shape index (κ1) is 15.7. The van der Waals surface area contributed by atoms with Gasteiger partial charge >= 0.3 is 8.80 Å². The van der Waals surface area contributed by atoms with E-state index in [2.05, 4.69) is 6.92 Å². The molecule has 0 spiro atoms. The second kappa shape index (κ2) is 7.26. The lowest BCUT2D eigenvalue weighted by Crippen LogP contribution is -2.56. The van der Waals surface area contributed by atoms with Crippen LogP contribution in [0.3, 0.4) is 0 Å². The Balaban J connectivity index is 3.46.